The van der Waals surface area contributed by atoms with Crippen molar-refractivity contribution in [1.29, 1.82) is 0 Å². The maximum Gasteiger partial charge on any atom is 0.141 e. The molecular weight excluding hydrogens is 230 g/mol. The van der Waals surface area contributed by atoms with E-state index in [1.807, 2.05) is 31.2 Å². The minimum atomic E-state index is 0.106. The lowest BCUT2D eigenvalue weighted by Crippen LogP contribution is -2.56. The molecule has 3 unspecified atom stereocenters. The minimum absolute atomic E-state index is 0.106. The minimum Gasteiger partial charge on any atom is -0.495 e. The Morgan fingerprint density at radius 1 is 1.28 bits per heavy atom. The van der Waals surface area contributed by atoms with Crippen LogP contribution in [0.15, 0.2) is 24.3 Å². The normalized spacial score (nSPS) is 26.5. The van der Waals surface area contributed by atoms with Gasteiger partial charge >= 0.3 is 0 Å². The highest BCUT2D eigenvalue weighted by Crippen LogP contribution is 2.32. The molecule has 4 nitrogen and oxygen atoms in total. The number of hydrogen-bond donors (Lipinski definition) is 1. The first-order valence-corrected chi connectivity index (χ1v) is 6.34. The van der Waals surface area contributed by atoms with Crippen LogP contribution < -0.4 is 10.1 Å². The van der Waals surface area contributed by atoms with E-state index in [1.165, 1.54) is 0 Å². The molecular formula is C14H21NO3. The average Bonchev–Trinajstić information content (AvgIpc) is 2.38. The molecule has 1 aliphatic rings. The van der Waals surface area contributed by atoms with Gasteiger partial charge in [-0.1, -0.05) is 12.1 Å². The molecule has 0 aromatic heterocycles. The van der Waals surface area contributed by atoms with E-state index in [0.29, 0.717) is 0 Å². The van der Waals surface area contributed by atoms with Gasteiger partial charge in [-0.15, -0.1) is 0 Å². The van der Waals surface area contributed by atoms with Gasteiger partial charge in [0.2, 0.25) is 0 Å². The number of nitrogens with one attached hydrogen (secondary N) is 1. The summed E-state index contributed by atoms with van der Waals surface area (Å²) >= 11 is 0. The van der Waals surface area contributed by atoms with Crippen molar-refractivity contribution in [2.24, 2.45) is 0 Å². The van der Waals surface area contributed by atoms with E-state index in [2.05, 4.69) is 5.32 Å². The Balaban J connectivity index is 1.98. The maximum absolute atomic E-state index is 5.61. The molecule has 2 rings (SSSR count). The molecule has 0 aliphatic heterocycles. The molecule has 1 aliphatic carbocycles. The highest BCUT2D eigenvalue weighted by molar-refractivity contribution is 5.57. The predicted molar refractivity (Wildman–Crippen MR) is 71.2 cm³/mol. The Hall–Kier alpha value is -1.26. The standard InChI is InChI=1S/C14H21NO3/c1-4-18-13-9-11(14(13)17-3)15-10-7-5-6-8-12(10)16-2/h5-8,11,13-15H,4,9H2,1-3H3. The third-order valence-corrected chi connectivity index (χ3v) is 3.35. The third-order valence-electron chi connectivity index (χ3n) is 3.35. The van der Waals surface area contributed by atoms with E-state index in [1.54, 1.807) is 14.2 Å². The molecule has 0 saturated heterocycles. The highest BCUT2D eigenvalue weighted by atomic mass is 16.5. The number of rotatable bonds is 6. The number of hydrogen-bond acceptors (Lipinski definition) is 4. The molecule has 3 atom stereocenters. The van der Waals surface area contributed by atoms with Gasteiger partial charge < -0.3 is 19.5 Å². The maximum atomic E-state index is 5.61. The number of ether oxygens (including phenoxy) is 3. The average molecular weight is 251 g/mol. The molecule has 18 heavy (non-hydrogen) atoms. The van der Waals surface area contributed by atoms with Crippen molar-refractivity contribution in [1.82, 2.24) is 0 Å². The lowest BCUT2D eigenvalue weighted by molar-refractivity contribution is -0.118. The fraction of sp³-hybridized carbons (Fsp3) is 0.571. The first-order valence-electron chi connectivity index (χ1n) is 6.34. The smallest absolute Gasteiger partial charge is 0.141 e. The Kier molecular flexibility index (Phi) is 4.44. The van der Waals surface area contributed by atoms with Crippen molar-refractivity contribution in [3.63, 3.8) is 0 Å². The van der Waals surface area contributed by atoms with Crippen LogP contribution in [0.25, 0.3) is 0 Å². The zero-order valence-electron chi connectivity index (χ0n) is 11.2. The fourth-order valence-electron chi connectivity index (χ4n) is 2.38. The first kappa shape index (κ1) is 13.2. The van der Waals surface area contributed by atoms with Crippen LogP contribution in [0.3, 0.4) is 0 Å². The Bertz CT molecular complexity index is 383. The summed E-state index contributed by atoms with van der Waals surface area (Å²) in [7, 11) is 3.41. The van der Waals surface area contributed by atoms with E-state index in [9.17, 15) is 0 Å². The van der Waals surface area contributed by atoms with Crippen LogP contribution in [0.4, 0.5) is 5.69 Å². The summed E-state index contributed by atoms with van der Waals surface area (Å²) in [5.41, 5.74) is 1.00. The monoisotopic (exact) mass is 251 g/mol. The second kappa shape index (κ2) is 6.07. The van der Waals surface area contributed by atoms with Gasteiger partial charge in [0.05, 0.1) is 24.9 Å². The van der Waals surface area contributed by atoms with E-state index >= 15 is 0 Å². The van der Waals surface area contributed by atoms with Crippen molar-refractivity contribution >= 4 is 5.69 Å². The summed E-state index contributed by atoms with van der Waals surface area (Å²) in [5.74, 6) is 0.854. The van der Waals surface area contributed by atoms with E-state index in [4.69, 9.17) is 14.2 Å². The van der Waals surface area contributed by atoms with E-state index in [0.717, 1.165) is 24.5 Å². The SMILES string of the molecule is CCOC1CC(Nc2ccccc2OC)C1OC. The van der Waals surface area contributed by atoms with E-state index in [-0.39, 0.29) is 18.2 Å². The lowest BCUT2D eigenvalue weighted by atomic mass is 9.85. The number of anilines is 1. The Morgan fingerprint density at radius 3 is 2.72 bits per heavy atom. The molecule has 1 saturated carbocycles. The molecule has 1 aromatic carbocycles. The zero-order valence-corrected chi connectivity index (χ0v) is 11.2. The van der Waals surface area contributed by atoms with Gasteiger partial charge in [-0.2, -0.15) is 0 Å². The van der Waals surface area contributed by atoms with Crippen molar-refractivity contribution in [2.45, 2.75) is 31.6 Å². The largest absolute Gasteiger partial charge is 0.495 e. The van der Waals surface area contributed by atoms with Gasteiger partial charge in [0.15, 0.2) is 0 Å². The van der Waals surface area contributed by atoms with Crippen LogP contribution >= 0.6 is 0 Å². The molecule has 0 spiro atoms. The molecule has 1 aromatic rings. The summed E-state index contributed by atoms with van der Waals surface area (Å²) in [6.07, 6.45) is 1.27. The second-order valence-corrected chi connectivity index (χ2v) is 4.38. The van der Waals surface area contributed by atoms with Crippen LogP contribution in [0, 0.1) is 0 Å². The van der Waals surface area contributed by atoms with Gasteiger partial charge in [-0.05, 0) is 25.5 Å². The summed E-state index contributed by atoms with van der Waals surface area (Å²) < 4.78 is 16.4. The number of methoxy groups -OCH3 is 2. The Labute approximate surface area is 108 Å². The van der Waals surface area contributed by atoms with Crippen LogP contribution in [-0.2, 0) is 9.47 Å². The quantitative estimate of drug-likeness (QED) is 0.842. The van der Waals surface area contributed by atoms with Crippen LogP contribution in [0.5, 0.6) is 5.75 Å². The lowest BCUT2D eigenvalue weighted by Gasteiger charge is -2.43. The molecule has 0 heterocycles. The number of benzene rings is 1. The summed E-state index contributed by atoms with van der Waals surface area (Å²) in [6.45, 7) is 2.74. The van der Waals surface area contributed by atoms with Crippen molar-refractivity contribution in [3.05, 3.63) is 24.3 Å². The Morgan fingerprint density at radius 2 is 2.06 bits per heavy atom. The molecule has 100 valence electrons. The van der Waals surface area contributed by atoms with Crippen LogP contribution in [0.2, 0.25) is 0 Å². The van der Waals surface area contributed by atoms with Crippen molar-refractivity contribution < 1.29 is 14.2 Å². The molecule has 0 bridgehead atoms. The highest BCUT2D eigenvalue weighted by Gasteiger charge is 2.42. The molecule has 0 amide bonds. The van der Waals surface area contributed by atoms with Crippen LogP contribution in [0.1, 0.15) is 13.3 Å². The van der Waals surface area contributed by atoms with E-state index < -0.39 is 0 Å². The number of para-hydroxylation sites is 2. The summed E-state index contributed by atoms with van der Waals surface area (Å²) in [5, 5.41) is 3.46. The van der Waals surface area contributed by atoms with Gasteiger partial charge in [-0.25, -0.2) is 0 Å². The van der Waals surface area contributed by atoms with Crippen LogP contribution in [-0.4, -0.2) is 39.1 Å². The summed E-state index contributed by atoms with van der Waals surface area (Å²) in [6, 6.07) is 8.19. The van der Waals surface area contributed by atoms with Crippen molar-refractivity contribution in [2.75, 3.05) is 26.1 Å². The molecule has 0 radical (unpaired) electrons. The van der Waals surface area contributed by atoms with Gasteiger partial charge in [-0.3, -0.25) is 0 Å². The molecule has 1 N–H and O–H groups in total. The summed E-state index contributed by atoms with van der Waals surface area (Å²) in [4.78, 5) is 0. The molecule has 1 fully saturated rings. The predicted octanol–water partition coefficient (Wildman–Crippen LogP) is 2.30. The third kappa shape index (κ3) is 2.60. The van der Waals surface area contributed by atoms with Crippen molar-refractivity contribution in [3.8, 4) is 5.75 Å². The topological polar surface area (TPSA) is 39.7 Å². The second-order valence-electron chi connectivity index (χ2n) is 4.38. The van der Waals surface area contributed by atoms with Gasteiger partial charge in [0.25, 0.3) is 0 Å². The van der Waals surface area contributed by atoms with Gasteiger partial charge in [0, 0.05) is 13.7 Å². The first-order chi connectivity index (χ1) is 8.80. The fourth-order valence-corrected chi connectivity index (χ4v) is 2.38. The molecule has 4 heteroatoms. The van der Waals surface area contributed by atoms with Gasteiger partial charge in [0.1, 0.15) is 11.9 Å². The zero-order chi connectivity index (χ0) is 13.0.